The molecule has 20 heavy (non-hydrogen) atoms. The van der Waals surface area contributed by atoms with Gasteiger partial charge in [-0.25, -0.2) is 9.97 Å². The SMILES string of the molecule is COc1ccccc1Sc1ncnc2cc(N)ccc12. The third-order valence-electron chi connectivity index (χ3n) is 2.90. The van der Waals surface area contributed by atoms with Crippen LogP contribution < -0.4 is 10.5 Å². The third kappa shape index (κ3) is 2.40. The Bertz CT molecular complexity index is 761. The molecule has 0 aliphatic heterocycles. The van der Waals surface area contributed by atoms with Gasteiger partial charge in [0.25, 0.3) is 0 Å². The van der Waals surface area contributed by atoms with Crippen LogP contribution in [-0.2, 0) is 0 Å². The van der Waals surface area contributed by atoms with Crippen LogP contribution in [0.3, 0.4) is 0 Å². The number of para-hydroxylation sites is 1. The van der Waals surface area contributed by atoms with Gasteiger partial charge in [0.1, 0.15) is 17.1 Å². The fourth-order valence-electron chi connectivity index (χ4n) is 1.94. The Hall–Kier alpha value is -2.27. The number of nitrogen functional groups attached to an aromatic ring is 1. The first-order valence-corrected chi connectivity index (χ1v) is 6.90. The van der Waals surface area contributed by atoms with Gasteiger partial charge in [-0.15, -0.1) is 0 Å². The summed E-state index contributed by atoms with van der Waals surface area (Å²) in [6.45, 7) is 0. The largest absolute Gasteiger partial charge is 0.496 e. The number of methoxy groups -OCH3 is 1. The Balaban J connectivity index is 2.07. The average Bonchev–Trinajstić information content (AvgIpc) is 2.47. The van der Waals surface area contributed by atoms with Gasteiger partial charge in [0.2, 0.25) is 0 Å². The third-order valence-corrected chi connectivity index (χ3v) is 3.98. The van der Waals surface area contributed by atoms with E-state index in [4.69, 9.17) is 10.5 Å². The molecule has 2 aromatic carbocycles. The first-order valence-electron chi connectivity index (χ1n) is 6.09. The molecule has 3 rings (SSSR count). The number of aromatic nitrogens is 2. The maximum atomic E-state index is 5.78. The predicted octanol–water partition coefficient (Wildman–Crippen LogP) is 3.37. The van der Waals surface area contributed by atoms with Crippen LogP contribution in [0.25, 0.3) is 10.9 Å². The molecule has 0 aliphatic rings. The molecule has 0 radical (unpaired) electrons. The summed E-state index contributed by atoms with van der Waals surface area (Å²) in [7, 11) is 1.66. The number of fused-ring (bicyclic) bond motifs is 1. The van der Waals surface area contributed by atoms with Gasteiger partial charge in [0.15, 0.2) is 0 Å². The minimum atomic E-state index is 0.699. The van der Waals surface area contributed by atoms with Crippen molar-refractivity contribution in [2.24, 2.45) is 0 Å². The molecule has 5 heteroatoms. The molecule has 3 aromatic rings. The number of hydrogen-bond donors (Lipinski definition) is 1. The fourth-order valence-corrected chi connectivity index (χ4v) is 2.93. The van der Waals surface area contributed by atoms with Gasteiger partial charge in [-0.2, -0.15) is 0 Å². The number of nitrogens with zero attached hydrogens (tertiary/aromatic N) is 2. The zero-order valence-corrected chi connectivity index (χ0v) is 11.7. The van der Waals surface area contributed by atoms with E-state index in [-0.39, 0.29) is 0 Å². The van der Waals surface area contributed by atoms with Gasteiger partial charge in [-0.1, -0.05) is 23.9 Å². The summed E-state index contributed by atoms with van der Waals surface area (Å²) in [6.07, 6.45) is 1.56. The normalized spacial score (nSPS) is 10.7. The van der Waals surface area contributed by atoms with Crippen LogP contribution in [0.4, 0.5) is 5.69 Å². The topological polar surface area (TPSA) is 61.0 Å². The van der Waals surface area contributed by atoms with Crippen LogP contribution in [0.5, 0.6) is 5.75 Å². The lowest BCUT2D eigenvalue weighted by Crippen LogP contribution is -1.91. The Morgan fingerprint density at radius 1 is 1.10 bits per heavy atom. The number of ether oxygens (including phenoxy) is 1. The maximum Gasteiger partial charge on any atom is 0.132 e. The highest BCUT2D eigenvalue weighted by atomic mass is 32.2. The lowest BCUT2D eigenvalue weighted by atomic mass is 10.2. The minimum Gasteiger partial charge on any atom is -0.496 e. The molecule has 0 aliphatic carbocycles. The van der Waals surface area contributed by atoms with Crippen molar-refractivity contribution >= 4 is 28.4 Å². The van der Waals surface area contributed by atoms with Gasteiger partial charge < -0.3 is 10.5 Å². The van der Waals surface area contributed by atoms with Crippen molar-refractivity contribution in [2.45, 2.75) is 9.92 Å². The number of hydrogen-bond acceptors (Lipinski definition) is 5. The molecule has 0 fully saturated rings. The zero-order valence-electron chi connectivity index (χ0n) is 10.9. The fraction of sp³-hybridized carbons (Fsp3) is 0.0667. The zero-order chi connectivity index (χ0) is 13.9. The standard InChI is InChI=1S/C15H13N3OS/c1-19-13-4-2-3-5-14(13)20-15-11-7-6-10(16)8-12(11)17-9-18-15/h2-9H,16H2,1H3. The van der Waals surface area contributed by atoms with Crippen molar-refractivity contribution in [3.8, 4) is 5.75 Å². The molecule has 0 atom stereocenters. The van der Waals surface area contributed by atoms with Crippen molar-refractivity contribution < 1.29 is 4.74 Å². The highest BCUT2D eigenvalue weighted by molar-refractivity contribution is 7.99. The molecule has 1 aromatic heterocycles. The second kappa shape index (κ2) is 5.38. The summed E-state index contributed by atoms with van der Waals surface area (Å²) in [5.41, 5.74) is 7.33. The highest BCUT2D eigenvalue weighted by Gasteiger charge is 2.09. The molecule has 0 unspecified atom stereocenters. The summed E-state index contributed by atoms with van der Waals surface area (Å²) in [6, 6.07) is 13.5. The van der Waals surface area contributed by atoms with Crippen LogP contribution in [0, 0.1) is 0 Å². The second-order valence-corrected chi connectivity index (χ2v) is 5.24. The van der Waals surface area contributed by atoms with E-state index in [2.05, 4.69) is 9.97 Å². The second-order valence-electron chi connectivity index (χ2n) is 4.21. The van der Waals surface area contributed by atoms with Gasteiger partial charge in [0.05, 0.1) is 17.5 Å². The maximum absolute atomic E-state index is 5.78. The summed E-state index contributed by atoms with van der Waals surface area (Å²) >= 11 is 1.56. The molecule has 0 amide bonds. The van der Waals surface area contributed by atoms with Gasteiger partial charge in [-0.05, 0) is 30.3 Å². The monoisotopic (exact) mass is 283 g/mol. The molecule has 0 saturated heterocycles. The Morgan fingerprint density at radius 2 is 1.95 bits per heavy atom. The van der Waals surface area contributed by atoms with E-state index in [0.29, 0.717) is 5.69 Å². The smallest absolute Gasteiger partial charge is 0.132 e. The van der Waals surface area contributed by atoms with Crippen LogP contribution in [0.15, 0.2) is 58.7 Å². The van der Waals surface area contributed by atoms with E-state index in [0.717, 1.165) is 26.6 Å². The van der Waals surface area contributed by atoms with E-state index in [1.807, 2.05) is 42.5 Å². The summed E-state index contributed by atoms with van der Waals surface area (Å²) < 4.78 is 5.36. The molecule has 100 valence electrons. The summed E-state index contributed by atoms with van der Waals surface area (Å²) in [5.74, 6) is 0.833. The van der Waals surface area contributed by atoms with Crippen molar-refractivity contribution in [1.82, 2.24) is 9.97 Å². The molecule has 4 nitrogen and oxygen atoms in total. The molecule has 1 heterocycles. The van der Waals surface area contributed by atoms with E-state index >= 15 is 0 Å². The summed E-state index contributed by atoms with van der Waals surface area (Å²) in [5, 5.41) is 1.87. The van der Waals surface area contributed by atoms with E-state index in [1.165, 1.54) is 0 Å². The van der Waals surface area contributed by atoms with E-state index < -0.39 is 0 Å². The molecule has 2 N–H and O–H groups in total. The summed E-state index contributed by atoms with van der Waals surface area (Å²) in [4.78, 5) is 9.63. The van der Waals surface area contributed by atoms with Crippen LogP contribution >= 0.6 is 11.8 Å². The van der Waals surface area contributed by atoms with Crippen molar-refractivity contribution in [3.63, 3.8) is 0 Å². The Morgan fingerprint density at radius 3 is 2.80 bits per heavy atom. The lowest BCUT2D eigenvalue weighted by Gasteiger charge is -2.08. The molecular weight excluding hydrogens is 270 g/mol. The average molecular weight is 283 g/mol. The van der Waals surface area contributed by atoms with E-state index in [1.54, 1.807) is 25.2 Å². The van der Waals surface area contributed by atoms with Gasteiger partial charge in [-0.3, -0.25) is 0 Å². The van der Waals surface area contributed by atoms with Gasteiger partial charge >= 0.3 is 0 Å². The van der Waals surface area contributed by atoms with Crippen LogP contribution in [0.1, 0.15) is 0 Å². The number of rotatable bonds is 3. The Kier molecular flexibility index (Phi) is 3.43. The number of benzene rings is 2. The quantitative estimate of drug-likeness (QED) is 0.590. The first-order chi connectivity index (χ1) is 9.78. The lowest BCUT2D eigenvalue weighted by molar-refractivity contribution is 0.405. The van der Waals surface area contributed by atoms with E-state index in [9.17, 15) is 0 Å². The Labute approximate surface area is 121 Å². The van der Waals surface area contributed by atoms with Crippen molar-refractivity contribution in [1.29, 1.82) is 0 Å². The predicted molar refractivity (Wildman–Crippen MR) is 81.1 cm³/mol. The molecule has 0 saturated carbocycles. The highest BCUT2D eigenvalue weighted by Crippen LogP contribution is 2.36. The van der Waals surface area contributed by atoms with Crippen LogP contribution in [0.2, 0.25) is 0 Å². The number of nitrogens with two attached hydrogens (primary N) is 1. The van der Waals surface area contributed by atoms with Crippen molar-refractivity contribution in [2.75, 3.05) is 12.8 Å². The number of anilines is 1. The van der Waals surface area contributed by atoms with Crippen LogP contribution in [-0.4, -0.2) is 17.1 Å². The van der Waals surface area contributed by atoms with Crippen molar-refractivity contribution in [3.05, 3.63) is 48.8 Å². The molecule has 0 bridgehead atoms. The first kappa shape index (κ1) is 12.7. The molecular formula is C15H13N3OS. The van der Waals surface area contributed by atoms with Gasteiger partial charge in [0, 0.05) is 11.1 Å². The molecule has 0 spiro atoms. The minimum absolute atomic E-state index is 0.699.